The third kappa shape index (κ3) is 60.9. The van der Waals surface area contributed by atoms with Crippen LogP contribution in [0.3, 0.4) is 0 Å². The summed E-state index contributed by atoms with van der Waals surface area (Å²) in [6.07, 6.45) is 73.8. The highest BCUT2D eigenvalue weighted by Gasteiger charge is 2.19. The minimum absolute atomic E-state index is 0.0661. The highest BCUT2D eigenvalue weighted by molar-refractivity contribution is 5.71. The van der Waals surface area contributed by atoms with Gasteiger partial charge in [-0.2, -0.15) is 0 Å². The summed E-state index contributed by atoms with van der Waals surface area (Å²) >= 11 is 0. The van der Waals surface area contributed by atoms with E-state index in [2.05, 4.69) is 32.9 Å². The number of rotatable bonds is 62. The largest absolute Gasteiger partial charge is 0.462 e. The van der Waals surface area contributed by atoms with Crippen LogP contribution in [0.2, 0.25) is 0 Å². The molecule has 1 unspecified atom stereocenters. The number of unbranched alkanes of at least 4 members (excludes halogenated alkanes) is 49. The van der Waals surface area contributed by atoms with E-state index in [1.165, 1.54) is 276 Å². The van der Waals surface area contributed by atoms with Crippen LogP contribution < -0.4 is 0 Å². The van der Waals surface area contributed by atoms with Gasteiger partial charge in [0.2, 0.25) is 0 Å². The fraction of sp³-hybridized carbons (Fsp3) is 0.925. The highest BCUT2D eigenvalue weighted by atomic mass is 16.6. The summed E-state index contributed by atoms with van der Waals surface area (Å²) in [6, 6.07) is 0. The second-order valence-electron chi connectivity index (χ2n) is 22.7. The molecule has 0 aliphatic carbocycles. The molecule has 0 aromatic heterocycles. The first-order valence-electron chi connectivity index (χ1n) is 33.2. The van der Waals surface area contributed by atoms with Crippen molar-refractivity contribution in [1.82, 2.24) is 0 Å². The average Bonchev–Trinajstić information content (AvgIpc) is 3.39. The maximum Gasteiger partial charge on any atom is 0.306 e. The van der Waals surface area contributed by atoms with Crippen LogP contribution >= 0.6 is 0 Å². The first kappa shape index (κ1) is 71.2. The number of allylic oxidation sites excluding steroid dienone is 2. The van der Waals surface area contributed by atoms with Gasteiger partial charge in [-0.15, -0.1) is 0 Å². The summed E-state index contributed by atoms with van der Waals surface area (Å²) in [7, 11) is 0. The Kier molecular flexibility index (Phi) is 61.1. The topological polar surface area (TPSA) is 78.9 Å². The molecule has 0 bridgehead atoms. The molecular formula is C67H128O6. The molecule has 6 heteroatoms. The molecule has 0 saturated carbocycles. The Morgan fingerprint density at radius 2 is 0.452 bits per heavy atom. The van der Waals surface area contributed by atoms with Gasteiger partial charge < -0.3 is 14.2 Å². The van der Waals surface area contributed by atoms with Gasteiger partial charge in [-0.25, -0.2) is 0 Å². The minimum Gasteiger partial charge on any atom is -0.462 e. The number of ether oxygens (including phenoxy) is 3. The molecule has 73 heavy (non-hydrogen) atoms. The van der Waals surface area contributed by atoms with Crippen molar-refractivity contribution in [2.24, 2.45) is 0 Å². The Morgan fingerprint density at radius 1 is 0.260 bits per heavy atom. The van der Waals surface area contributed by atoms with Crippen LogP contribution in [0.4, 0.5) is 0 Å². The number of hydrogen-bond donors (Lipinski definition) is 0. The van der Waals surface area contributed by atoms with Crippen molar-refractivity contribution < 1.29 is 28.6 Å². The average molecular weight is 1030 g/mol. The van der Waals surface area contributed by atoms with Crippen molar-refractivity contribution in [3.05, 3.63) is 12.2 Å². The molecule has 0 spiro atoms. The van der Waals surface area contributed by atoms with Crippen molar-refractivity contribution in [2.75, 3.05) is 13.2 Å². The molecule has 0 radical (unpaired) electrons. The van der Waals surface area contributed by atoms with E-state index in [1.54, 1.807) is 0 Å². The standard InChI is InChI=1S/C67H128O6/c1-4-7-10-13-16-19-22-25-27-28-29-30-31-32-33-34-35-36-37-38-40-42-45-48-51-54-57-60-66(69)72-63-64(62-71-65(68)59-56-53-50-47-44-41-24-21-18-15-12-9-6-3)73-67(70)61-58-55-52-49-46-43-39-26-23-20-17-14-11-8-5-2/h21,24,64H,4-20,22-23,25-63H2,1-3H3/b24-21-. The second kappa shape index (κ2) is 62.7. The highest BCUT2D eigenvalue weighted by Crippen LogP contribution is 2.19. The third-order valence-corrected chi connectivity index (χ3v) is 15.3. The van der Waals surface area contributed by atoms with Crippen LogP contribution in [0.25, 0.3) is 0 Å². The van der Waals surface area contributed by atoms with Crippen molar-refractivity contribution >= 4 is 17.9 Å². The fourth-order valence-electron chi connectivity index (χ4n) is 10.3. The fourth-order valence-corrected chi connectivity index (χ4v) is 10.3. The van der Waals surface area contributed by atoms with Crippen LogP contribution in [-0.2, 0) is 28.6 Å². The molecule has 6 nitrogen and oxygen atoms in total. The normalized spacial score (nSPS) is 12.0. The molecule has 0 amide bonds. The summed E-state index contributed by atoms with van der Waals surface area (Å²) in [4.78, 5) is 38.3. The van der Waals surface area contributed by atoms with E-state index in [4.69, 9.17) is 14.2 Å². The maximum absolute atomic E-state index is 12.9. The number of carbonyl (C=O) groups is 3. The lowest BCUT2D eigenvalue weighted by molar-refractivity contribution is -0.167. The summed E-state index contributed by atoms with van der Waals surface area (Å²) in [5.41, 5.74) is 0. The Balaban J connectivity index is 4.15. The molecule has 0 saturated heterocycles. The predicted octanol–water partition coefficient (Wildman–Crippen LogP) is 22.4. The van der Waals surface area contributed by atoms with Gasteiger partial charge in [0.1, 0.15) is 13.2 Å². The van der Waals surface area contributed by atoms with Gasteiger partial charge in [0.15, 0.2) is 6.10 Å². The quantitative estimate of drug-likeness (QED) is 0.0261. The van der Waals surface area contributed by atoms with E-state index in [0.717, 1.165) is 64.2 Å². The molecule has 0 rings (SSSR count). The molecule has 0 aliphatic rings. The van der Waals surface area contributed by atoms with Crippen LogP contribution in [0.1, 0.15) is 380 Å². The molecule has 1 atom stereocenters. The molecular weight excluding hydrogens is 901 g/mol. The van der Waals surface area contributed by atoms with Gasteiger partial charge in [-0.05, 0) is 44.9 Å². The minimum atomic E-state index is -0.768. The zero-order valence-corrected chi connectivity index (χ0v) is 49.7. The van der Waals surface area contributed by atoms with E-state index in [1.807, 2.05) is 0 Å². The molecule has 0 aliphatic heterocycles. The summed E-state index contributed by atoms with van der Waals surface area (Å²) in [5.74, 6) is -0.845. The monoisotopic (exact) mass is 1030 g/mol. The lowest BCUT2D eigenvalue weighted by Gasteiger charge is -2.18. The zero-order valence-electron chi connectivity index (χ0n) is 49.7. The third-order valence-electron chi connectivity index (χ3n) is 15.3. The predicted molar refractivity (Wildman–Crippen MR) is 317 cm³/mol. The van der Waals surface area contributed by atoms with Gasteiger partial charge in [-0.1, -0.05) is 328 Å². The van der Waals surface area contributed by atoms with Gasteiger partial charge in [0, 0.05) is 19.3 Å². The summed E-state index contributed by atoms with van der Waals surface area (Å²) in [6.45, 7) is 6.69. The summed E-state index contributed by atoms with van der Waals surface area (Å²) in [5, 5.41) is 0. The maximum atomic E-state index is 12.9. The lowest BCUT2D eigenvalue weighted by Crippen LogP contribution is -2.30. The first-order chi connectivity index (χ1) is 36.0. The van der Waals surface area contributed by atoms with Crippen LogP contribution in [0.15, 0.2) is 12.2 Å². The molecule has 0 aromatic carbocycles. The molecule has 0 heterocycles. The van der Waals surface area contributed by atoms with Gasteiger partial charge in [0.25, 0.3) is 0 Å². The smallest absolute Gasteiger partial charge is 0.306 e. The van der Waals surface area contributed by atoms with E-state index >= 15 is 0 Å². The second-order valence-corrected chi connectivity index (χ2v) is 22.7. The van der Waals surface area contributed by atoms with E-state index in [0.29, 0.717) is 19.3 Å². The number of esters is 3. The Morgan fingerprint density at radius 3 is 0.699 bits per heavy atom. The Hall–Kier alpha value is -1.85. The molecule has 0 fully saturated rings. The van der Waals surface area contributed by atoms with Crippen LogP contribution in [0, 0.1) is 0 Å². The summed E-state index contributed by atoms with van der Waals surface area (Å²) < 4.78 is 16.9. The number of hydrogen-bond acceptors (Lipinski definition) is 6. The van der Waals surface area contributed by atoms with Crippen molar-refractivity contribution in [2.45, 2.75) is 386 Å². The van der Waals surface area contributed by atoms with Crippen LogP contribution in [-0.4, -0.2) is 37.2 Å². The van der Waals surface area contributed by atoms with E-state index in [9.17, 15) is 14.4 Å². The first-order valence-corrected chi connectivity index (χ1v) is 33.2. The lowest BCUT2D eigenvalue weighted by atomic mass is 10.0. The Bertz CT molecular complexity index is 1130. The van der Waals surface area contributed by atoms with Gasteiger partial charge in [-0.3, -0.25) is 14.4 Å². The van der Waals surface area contributed by atoms with Crippen molar-refractivity contribution in [3.63, 3.8) is 0 Å². The van der Waals surface area contributed by atoms with Crippen molar-refractivity contribution in [3.8, 4) is 0 Å². The molecule has 0 N–H and O–H groups in total. The van der Waals surface area contributed by atoms with E-state index < -0.39 is 6.10 Å². The van der Waals surface area contributed by atoms with Gasteiger partial charge in [0.05, 0.1) is 0 Å². The Labute approximate surface area is 456 Å². The number of carbonyl (C=O) groups excluding carboxylic acids is 3. The molecule has 0 aromatic rings. The van der Waals surface area contributed by atoms with Crippen LogP contribution in [0.5, 0.6) is 0 Å². The van der Waals surface area contributed by atoms with Gasteiger partial charge >= 0.3 is 17.9 Å². The SMILES string of the molecule is CCCCCC/C=C\CCCCCCCC(=O)OCC(COC(=O)CCCCCCCCCCCCCCCCCCCCCCCCCCCCC)OC(=O)CCCCCCCCCCCCCCCCC. The molecule has 432 valence electrons. The zero-order chi connectivity index (χ0) is 52.9. The van der Waals surface area contributed by atoms with Crippen molar-refractivity contribution in [1.29, 1.82) is 0 Å². The van der Waals surface area contributed by atoms with E-state index in [-0.39, 0.29) is 31.1 Å².